The van der Waals surface area contributed by atoms with Crippen LogP contribution in [0, 0.1) is 5.92 Å². The number of fused-ring (bicyclic) bond motifs is 1. The Morgan fingerprint density at radius 2 is 2.41 bits per heavy atom. The van der Waals surface area contributed by atoms with Gasteiger partial charge in [0.05, 0.1) is 0 Å². The molecule has 1 aromatic heterocycles. The lowest BCUT2D eigenvalue weighted by Gasteiger charge is -2.38. The number of rotatable bonds is 4. The lowest BCUT2D eigenvalue weighted by Crippen LogP contribution is -2.49. The maximum atomic E-state index is 11.9. The first-order valence-electron chi connectivity index (χ1n) is 7.84. The minimum atomic E-state index is 0.0651. The topological polar surface area (TPSA) is 39.7 Å². The van der Waals surface area contributed by atoms with E-state index in [1.165, 1.54) is 6.08 Å². The molecular formula is C16H24N4OS. The summed E-state index contributed by atoms with van der Waals surface area (Å²) in [4.78, 5) is 23.2. The number of likely N-dealkylation sites (N-methyl/N-ethyl adjacent to an activating group) is 1. The van der Waals surface area contributed by atoms with Gasteiger partial charge in [-0.3, -0.25) is 4.79 Å². The molecule has 22 heavy (non-hydrogen) atoms. The SMILES string of the molecule is C=CC(=O)N1CC[C@H]2[C@H](C[C@@H](CN(C)C)N2c2nccs2)C1. The fourth-order valence-corrected chi connectivity index (χ4v) is 4.68. The predicted octanol–water partition coefficient (Wildman–Crippen LogP) is 1.69. The van der Waals surface area contributed by atoms with Gasteiger partial charge in [0.15, 0.2) is 5.13 Å². The van der Waals surface area contributed by atoms with Gasteiger partial charge in [0.2, 0.25) is 5.91 Å². The van der Waals surface area contributed by atoms with E-state index < -0.39 is 0 Å². The van der Waals surface area contributed by atoms with E-state index in [1.54, 1.807) is 11.3 Å². The largest absolute Gasteiger partial charge is 0.340 e. The Balaban J connectivity index is 1.80. The normalized spacial score (nSPS) is 28.0. The number of anilines is 1. The number of hydrogen-bond acceptors (Lipinski definition) is 5. The standard InChI is InChI=1S/C16H24N4OS/c1-4-15(21)19-7-5-14-12(10-19)9-13(11-18(2)3)20(14)16-17-6-8-22-16/h4,6,8,12-14H,1,5,7,9-11H2,2-3H3/t12-,13+,14+/m1/s1. The first-order chi connectivity index (χ1) is 10.6. The van der Waals surface area contributed by atoms with E-state index in [0.29, 0.717) is 18.0 Å². The second-order valence-electron chi connectivity index (χ2n) is 6.48. The zero-order chi connectivity index (χ0) is 15.7. The predicted molar refractivity (Wildman–Crippen MR) is 90.2 cm³/mol. The molecule has 1 aromatic rings. The maximum absolute atomic E-state index is 11.9. The molecule has 3 atom stereocenters. The van der Waals surface area contributed by atoms with E-state index in [2.05, 4.69) is 35.5 Å². The van der Waals surface area contributed by atoms with Crippen LogP contribution < -0.4 is 4.90 Å². The van der Waals surface area contributed by atoms with Crippen LogP contribution in [0.2, 0.25) is 0 Å². The van der Waals surface area contributed by atoms with Crippen molar-refractivity contribution in [2.24, 2.45) is 5.92 Å². The molecule has 2 aliphatic rings. The third kappa shape index (κ3) is 2.90. The zero-order valence-corrected chi connectivity index (χ0v) is 14.1. The number of piperidine rings is 1. The van der Waals surface area contributed by atoms with Crippen molar-refractivity contribution in [2.75, 3.05) is 38.6 Å². The fraction of sp³-hybridized carbons (Fsp3) is 0.625. The van der Waals surface area contributed by atoms with E-state index in [4.69, 9.17) is 0 Å². The molecule has 2 aliphatic heterocycles. The van der Waals surface area contributed by atoms with Crippen LogP contribution in [0.15, 0.2) is 24.2 Å². The third-order valence-corrected chi connectivity index (χ3v) is 5.51. The molecule has 5 nitrogen and oxygen atoms in total. The van der Waals surface area contributed by atoms with Crippen LogP contribution in [0.3, 0.4) is 0 Å². The second kappa shape index (κ2) is 6.38. The molecule has 0 spiro atoms. The molecule has 0 saturated carbocycles. The molecule has 0 aliphatic carbocycles. The number of carbonyl (C=O) groups excluding carboxylic acids is 1. The molecule has 120 valence electrons. The van der Waals surface area contributed by atoms with Gasteiger partial charge in [-0.05, 0) is 38.9 Å². The Hall–Kier alpha value is -1.40. The van der Waals surface area contributed by atoms with E-state index >= 15 is 0 Å². The van der Waals surface area contributed by atoms with Gasteiger partial charge < -0.3 is 14.7 Å². The van der Waals surface area contributed by atoms with Gasteiger partial charge >= 0.3 is 0 Å². The molecule has 6 heteroatoms. The first kappa shape index (κ1) is 15.5. The summed E-state index contributed by atoms with van der Waals surface area (Å²) in [6.07, 6.45) is 5.47. The highest BCUT2D eigenvalue weighted by Crippen LogP contribution is 2.39. The third-order valence-electron chi connectivity index (χ3n) is 4.72. The van der Waals surface area contributed by atoms with Crippen molar-refractivity contribution in [1.29, 1.82) is 0 Å². The van der Waals surface area contributed by atoms with Crippen LogP contribution in [0.1, 0.15) is 12.8 Å². The highest BCUT2D eigenvalue weighted by molar-refractivity contribution is 7.13. The van der Waals surface area contributed by atoms with E-state index in [1.807, 2.05) is 16.5 Å². The average Bonchev–Trinajstić information content (AvgIpc) is 3.11. The van der Waals surface area contributed by atoms with Crippen molar-refractivity contribution < 1.29 is 4.79 Å². The number of thiazole rings is 1. The van der Waals surface area contributed by atoms with Crippen molar-refractivity contribution in [3.05, 3.63) is 24.2 Å². The monoisotopic (exact) mass is 320 g/mol. The average molecular weight is 320 g/mol. The summed E-state index contributed by atoms with van der Waals surface area (Å²) in [7, 11) is 4.24. The summed E-state index contributed by atoms with van der Waals surface area (Å²) in [5, 5.41) is 3.18. The van der Waals surface area contributed by atoms with Gasteiger partial charge in [-0.1, -0.05) is 6.58 Å². The Labute approximate surface area is 136 Å². The molecule has 3 rings (SSSR count). The summed E-state index contributed by atoms with van der Waals surface area (Å²) >= 11 is 1.72. The zero-order valence-electron chi connectivity index (χ0n) is 13.3. The van der Waals surface area contributed by atoms with Crippen LogP contribution in [0.4, 0.5) is 5.13 Å². The lowest BCUT2D eigenvalue weighted by molar-refractivity contribution is -0.127. The summed E-state index contributed by atoms with van der Waals surface area (Å²) in [6.45, 7) is 6.31. The summed E-state index contributed by atoms with van der Waals surface area (Å²) in [6, 6.07) is 0.986. The van der Waals surface area contributed by atoms with Crippen LogP contribution in [0.5, 0.6) is 0 Å². The minimum Gasteiger partial charge on any atom is -0.340 e. The van der Waals surface area contributed by atoms with E-state index in [9.17, 15) is 4.79 Å². The number of carbonyl (C=O) groups is 1. The summed E-state index contributed by atoms with van der Waals surface area (Å²) < 4.78 is 0. The minimum absolute atomic E-state index is 0.0651. The summed E-state index contributed by atoms with van der Waals surface area (Å²) in [5.41, 5.74) is 0. The summed E-state index contributed by atoms with van der Waals surface area (Å²) in [5.74, 6) is 0.599. The molecular weight excluding hydrogens is 296 g/mol. The molecule has 0 radical (unpaired) electrons. The number of hydrogen-bond donors (Lipinski definition) is 0. The van der Waals surface area contributed by atoms with Gasteiger partial charge in [-0.25, -0.2) is 4.98 Å². The van der Waals surface area contributed by atoms with Crippen LogP contribution in [-0.2, 0) is 4.79 Å². The molecule has 2 saturated heterocycles. The quantitative estimate of drug-likeness (QED) is 0.792. The maximum Gasteiger partial charge on any atom is 0.245 e. The van der Waals surface area contributed by atoms with E-state index in [0.717, 1.165) is 37.6 Å². The Kier molecular flexibility index (Phi) is 4.49. The van der Waals surface area contributed by atoms with Crippen LogP contribution >= 0.6 is 11.3 Å². The molecule has 0 aromatic carbocycles. The smallest absolute Gasteiger partial charge is 0.245 e. The van der Waals surface area contributed by atoms with Gasteiger partial charge in [0, 0.05) is 43.3 Å². The van der Waals surface area contributed by atoms with Crippen LogP contribution in [0.25, 0.3) is 0 Å². The highest BCUT2D eigenvalue weighted by atomic mass is 32.1. The van der Waals surface area contributed by atoms with Gasteiger partial charge in [-0.15, -0.1) is 11.3 Å². The number of aromatic nitrogens is 1. The Morgan fingerprint density at radius 3 is 3.05 bits per heavy atom. The highest BCUT2D eigenvalue weighted by Gasteiger charge is 2.45. The van der Waals surface area contributed by atoms with Crippen molar-refractivity contribution in [3.8, 4) is 0 Å². The Bertz CT molecular complexity index is 530. The van der Waals surface area contributed by atoms with Crippen molar-refractivity contribution in [1.82, 2.24) is 14.8 Å². The number of likely N-dealkylation sites (tertiary alicyclic amines) is 1. The number of nitrogens with zero attached hydrogens (tertiary/aromatic N) is 4. The molecule has 0 N–H and O–H groups in total. The van der Waals surface area contributed by atoms with Gasteiger partial charge in [0.1, 0.15) is 0 Å². The Morgan fingerprint density at radius 1 is 1.59 bits per heavy atom. The van der Waals surface area contributed by atoms with Gasteiger partial charge in [0.25, 0.3) is 0 Å². The lowest BCUT2D eigenvalue weighted by atomic mass is 9.92. The van der Waals surface area contributed by atoms with Crippen LogP contribution in [-0.4, -0.2) is 66.5 Å². The van der Waals surface area contributed by atoms with Crippen molar-refractivity contribution >= 4 is 22.4 Å². The van der Waals surface area contributed by atoms with Crippen molar-refractivity contribution in [3.63, 3.8) is 0 Å². The van der Waals surface area contributed by atoms with Crippen molar-refractivity contribution in [2.45, 2.75) is 24.9 Å². The number of amides is 1. The molecule has 0 unspecified atom stereocenters. The van der Waals surface area contributed by atoms with E-state index in [-0.39, 0.29) is 5.91 Å². The second-order valence-corrected chi connectivity index (χ2v) is 7.35. The first-order valence-corrected chi connectivity index (χ1v) is 8.72. The molecule has 1 amide bonds. The fourth-order valence-electron chi connectivity index (χ4n) is 3.91. The molecule has 3 heterocycles. The molecule has 0 bridgehead atoms. The molecule has 2 fully saturated rings. The van der Waals surface area contributed by atoms with Gasteiger partial charge in [-0.2, -0.15) is 0 Å².